The molecule has 8 heteroatoms. The second-order valence-electron chi connectivity index (χ2n) is 6.40. The molecule has 1 aromatic carbocycles. The highest BCUT2D eigenvalue weighted by molar-refractivity contribution is 5.95. The highest BCUT2D eigenvalue weighted by Crippen LogP contribution is 2.26. The fourth-order valence-electron chi connectivity index (χ4n) is 2.59. The Kier molecular flexibility index (Phi) is 6.28. The van der Waals surface area contributed by atoms with Gasteiger partial charge >= 0.3 is 0 Å². The lowest BCUT2D eigenvalue weighted by Crippen LogP contribution is -2.33. The van der Waals surface area contributed by atoms with Gasteiger partial charge < -0.3 is 10.1 Å². The third-order valence-corrected chi connectivity index (χ3v) is 3.96. The summed E-state index contributed by atoms with van der Waals surface area (Å²) in [5, 5.41) is 6.40. The van der Waals surface area contributed by atoms with E-state index in [1.54, 1.807) is 11.6 Å². The van der Waals surface area contributed by atoms with Crippen LogP contribution in [0.4, 0.5) is 13.2 Å². The van der Waals surface area contributed by atoms with Crippen molar-refractivity contribution in [3.05, 3.63) is 47.0 Å². The molecule has 5 nitrogen and oxygen atoms in total. The molecule has 0 aliphatic heterocycles. The van der Waals surface area contributed by atoms with Gasteiger partial charge in [0.1, 0.15) is 6.04 Å². The molecule has 26 heavy (non-hydrogen) atoms. The van der Waals surface area contributed by atoms with Crippen molar-refractivity contribution >= 4 is 5.91 Å². The van der Waals surface area contributed by atoms with Gasteiger partial charge in [0.05, 0.1) is 18.9 Å². The van der Waals surface area contributed by atoms with Gasteiger partial charge in [-0.1, -0.05) is 19.9 Å². The molecular formula is C18H22F3N3O2. The lowest BCUT2D eigenvalue weighted by atomic mass is 10.1. The zero-order chi connectivity index (χ0) is 19.4. The Labute approximate surface area is 150 Å². The Balaban J connectivity index is 2.24. The number of hydrogen-bond acceptors (Lipinski definition) is 3. The van der Waals surface area contributed by atoms with Crippen molar-refractivity contribution in [2.75, 3.05) is 7.11 Å². The molecule has 0 radical (unpaired) electrons. The molecule has 1 aromatic heterocycles. The van der Waals surface area contributed by atoms with Crippen LogP contribution >= 0.6 is 0 Å². The van der Waals surface area contributed by atoms with Crippen LogP contribution in [0.3, 0.4) is 0 Å². The standard InChI is InChI=1S/C18H22F3N3O2/c1-10(2)9-24-11(3)13(8-22-24)18(25)23-16(17(20)21)12-5-6-15(26-4)14(19)7-12/h5-8,10,16-17H,9H2,1-4H3,(H,23,25)/t16-/m1/s1. The van der Waals surface area contributed by atoms with Crippen molar-refractivity contribution in [2.24, 2.45) is 5.92 Å². The van der Waals surface area contributed by atoms with Gasteiger partial charge in [0.15, 0.2) is 11.6 Å². The SMILES string of the molecule is COc1ccc([C@@H](NC(=O)c2cnn(CC(C)C)c2C)C(F)F)cc1F. The molecule has 1 atom stereocenters. The monoisotopic (exact) mass is 369 g/mol. The van der Waals surface area contributed by atoms with Gasteiger partial charge in [0.25, 0.3) is 12.3 Å². The third kappa shape index (κ3) is 4.36. The minimum Gasteiger partial charge on any atom is -0.494 e. The van der Waals surface area contributed by atoms with Gasteiger partial charge in [0, 0.05) is 12.2 Å². The molecule has 1 heterocycles. The van der Waals surface area contributed by atoms with E-state index in [-0.39, 0.29) is 16.9 Å². The predicted octanol–water partition coefficient (Wildman–Crippen LogP) is 3.73. The molecule has 0 aliphatic carbocycles. The maximum absolute atomic E-state index is 13.8. The predicted molar refractivity (Wildman–Crippen MR) is 91.0 cm³/mol. The minimum absolute atomic E-state index is 0.0427. The number of nitrogens with zero attached hydrogens (tertiary/aromatic N) is 2. The van der Waals surface area contributed by atoms with E-state index in [1.165, 1.54) is 25.4 Å². The number of halogens is 3. The number of carbonyl (C=O) groups is 1. The Bertz CT molecular complexity index is 775. The van der Waals surface area contributed by atoms with E-state index in [0.717, 1.165) is 6.07 Å². The minimum atomic E-state index is -2.90. The summed E-state index contributed by atoms with van der Waals surface area (Å²) in [6, 6.07) is 1.84. The van der Waals surface area contributed by atoms with Gasteiger partial charge in [0.2, 0.25) is 0 Å². The van der Waals surface area contributed by atoms with Crippen molar-refractivity contribution in [3.63, 3.8) is 0 Å². The number of alkyl halides is 2. The van der Waals surface area contributed by atoms with Crippen molar-refractivity contribution in [1.82, 2.24) is 15.1 Å². The smallest absolute Gasteiger partial charge is 0.262 e. The normalized spacial score (nSPS) is 12.5. The van der Waals surface area contributed by atoms with Crippen LogP contribution in [0.2, 0.25) is 0 Å². The number of aromatic nitrogens is 2. The molecule has 1 amide bonds. The number of amides is 1. The molecular weight excluding hydrogens is 347 g/mol. The van der Waals surface area contributed by atoms with Crippen LogP contribution in [0.15, 0.2) is 24.4 Å². The Morgan fingerprint density at radius 3 is 2.58 bits per heavy atom. The van der Waals surface area contributed by atoms with Crippen LogP contribution in [0.1, 0.15) is 41.5 Å². The highest BCUT2D eigenvalue weighted by atomic mass is 19.3. The van der Waals surface area contributed by atoms with Gasteiger partial charge in [-0.15, -0.1) is 0 Å². The van der Waals surface area contributed by atoms with Gasteiger partial charge in [-0.25, -0.2) is 13.2 Å². The number of benzene rings is 1. The van der Waals surface area contributed by atoms with E-state index in [9.17, 15) is 18.0 Å². The first-order valence-corrected chi connectivity index (χ1v) is 8.19. The largest absolute Gasteiger partial charge is 0.494 e. The number of nitrogens with one attached hydrogen (secondary N) is 1. The fourth-order valence-corrected chi connectivity index (χ4v) is 2.59. The molecule has 0 fully saturated rings. The van der Waals surface area contributed by atoms with E-state index >= 15 is 0 Å². The third-order valence-electron chi connectivity index (χ3n) is 3.96. The summed E-state index contributed by atoms with van der Waals surface area (Å²) in [5.41, 5.74) is 0.759. The molecule has 0 spiro atoms. The molecule has 0 saturated heterocycles. The van der Waals surface area contributed by atoms with Crippen LogP contribution in [0.25, 0.3) is 0 Å². The second kappa shape index (κ2) is 8.25. The number of carbonyl (C=O) groups excluding carboxylic acids is 1. The molecule has 0 bridgehead atoms. The summed E-state index contributed by atoms with van der Waals surface area (Å²) in [7, 11) is 1.28. The molecule has 0 saturated carbocycles. The fraction of sp³-hybridized carbons (Fsp3) is 0.444. The van der Waals surface area contributed by atoms with Gasteiger partial charge in [-0.05, 0) is 30.5 Å². The van der Waals surface area contributed by atoms with Gasteiger partial charge in [-0.3, -0.25) is 9.48 Å². The lowest BCUT2D eigenvalue weighted by molar-refractivity contribution is 0.0742. The molecule has 1 N–H and O–H groups in total. The molecule has 0 unspecified atom stereocenters. The summed E-state index contributed by atoms with van der Waals surface area (Å²) in [5.74, 6) is -1.19. The maximum atomic E-state index is 13.8. The average Bonchev–Trinajstić information content (AvgIpc) is 2.92. The zero-order valence-corrected chi connectivity index (χ0v) is 15.1. The molecule has 2 rings (SSSR count). The summed E-state index contributed by atoms with van der Waals surface area (Å²) < 4.78 is 47.2. The van der Waals surface area contributed by atoms with Crippen LogP contribution in [0.5, 0.6) is 5.75 Å². The van der Waals surface area contributed by atoms with Crippen LogP contribution in [-0.4, -0.2) is 29.2 Å². The van der Waals surface area contributed by atoms with Crippen LogP contribution in [0, 0.1) is 18.7 Å². The maximum Gasteiger partial charge on any atom is 0.262 e. The van der Waals surface area contributed by atoms with Crippen LogP contribution < -0.4 is 10.1 Å². The summed E-state index contributed by atoms with van der Waals surface area (Å²) in [4.78, 5) is 12.4. The summed E-state index contributed by atoms with van der Waals surface area (Å²) >= 11 is 0. The molecule has 142 valence electrons. The van der Waals surface area contributed by atoms with Gasteiger partial charge in [-0.2, -0.15) is 5.10 Å². The highest BCUT2D eigenvalue weighted by Gasteiger charge is 2.27. The van der Waals surface area contributed by atoms with Crippen molar-refractivity contribution in [3.8, 4) is 5.75 Å². The van der Waals surface area contributed by atoms with Crippen LogP contribution in [-0.2, 0) is 6.54 Å². The first kappa shape index (κ1) is 19.8. The van der Waals surface area contributed by atoms with E-state index in [0.29, 0.717) is 18.2 Å². The molecule has 2 aromatic rings. The van der Waals surface area contributed by atoms with Crippen molar-refractivity contribution in [2.45, 2.75) is 39.8 Å². The lowest BCUT2D eigenvalue weighted by Gasteiger charge is -2.19. The van der Waals surface area contributed by atoms with E-state index in [2.05, 4.69) is 10.4 Å². The Hall–Kier alpha value is -2.51. The first-order chi connectivity index (χ1) is 12.2. The Morgan fingerprint density at radius 2 is 2.04 bits per heavy atom. The number of methoxy groups -OCH3 is 1. The number of hydrogen-bond donors (Lipinski definition) is 1. The Morgan fingerprint density at radius 1 is 1.35 bits per heavy atom. The summed E-state index contributed by atoms with van der Waals surface area (Å²) in [6.45, 7) is 6.33. The zero-order valence-electron chi connectivity index (χ0n) is 15.1. The van der Waals surface area contributed by atoms with Crippen molar-refractivity contribution < 1.29 is 22.7 Å². The first-order valence-electron chi connectivity index (χ1n) is 8.19. The topological polar surface area (TPSA) is 56.1 Å². The number of rotatable bonds is 7. The van der Waals surface area contributed by atoms with E-state index < -0.39 is 24.2 Å². The summed E-state index contributed by atoms with van der Waals surface area (Å²) in [6.07, 6.45) is -1.55. The second-order valence-corrected chi connectivity index (χ2v) is 6.40. The number of ether oxygens (including phenoxy) is 1. The molecule has 0 aliphatic rings. The average molecular weight is 369 g/mol. The van der Waals surface area contributed by atoms with E-state index in [1.807, 2.05) is 13.8 Å². The quantitative estimate of drug-likeness (QED) is 0.809. The van der Waals surface area contributed by atoms with E-state index in [4.69, 9.17) is 4.74 Å². The van der Waals surface area contributed by atoms with Crippen molar-refractivity contribution in [1.29, 1.82) is 0 Å².